The first-order chi connectivity index (χ1) is 29.4. The maximum Gasteiger partial charge on any atom is 0.407 e. The quantitative estimate of drug-likeness (QED) is 0.0801. The van der Waals surface area contributed by atoms with Crippen molar-refractivity contribution in [3.63, 3.8) is 0 Å². The molecule has 0 radical (unpaired) electrons. The predicted octanol–water partition coefficient (Wildman–Crippen LogP) is 1.41. The molecule has 1 fully saturated rings. The van der Waals surface area contributed by atoms with Crippen molar-refractivity contribution in [3.05, 3.63) is 81.4 Å². The monoisotopic (exact) mass is 865 g/mol. The lowest BCUT2D eigenvalue weighted by atomic mass is 9.72. The Balaban J connectivity index is 1.16. The molecule has 10 N–H and O–H groups in total. The number of carboxylic acids is 2. The molecule has 0 aromatic heterocycles. The summed E-state index contributed by atoms with van der Waals surface area (Å²) in [7, 11) is 1.28. The van der Waals surface area contributed by atoms with Crippen LogP contribution in [0.5, 0.6) is 17.2 Å². The highest BCUT2D eigenvalue weighted by atomic mass is 16.7. The van der Waals surface area contributed by atoms with Crippen LogP contribution in [-0.4, -0.2) is 127 Å². The first-order valence-corrected chi connectivity index (χ1v) is 19.1. The van der Waals surface area contributed by atoms with E-state index in [0.29, 0.717) is 5.56 Å². The van der Waals surface area contributed by atoms with Crippen molar-refractivity contribution in [1.82, 2.24) is 10.6 Å². The van der Waals surface area contributed by atoms with E-state index in [4.69, 9.17) is 24.1 Å². The summed E-state index contributed by atoms with van der Waals surface area (Å²) in [6, 6.07) is 6.64. The number of aromatic hydroxyl groups is 2. The number of rotatable bonds is 14. The summed E-state index contributed by atoms with van der Waals surface area (Å²) < 4.78 is 22.7. The van der Waals surface area contributed by atoms with Gasteiger partial charge in [0.1, 0.15) is 48.2 Å². The summed E-state index contributed by atoms with van der Waals surface area (Å²) in [4.78, 5) is 88.1. The number of carbonyl (C=O) groups is 7. The molecule has 1 saturated heterocycles. The second-order valence-corrected chi connectivity index (χ2v) is 14.9. The van der Waals surface area contributed by atoms with Gasteiger partial charge in [0.05, 0.1) is 42.0 Å². The van der Waals surface area contributed by atoms with Gasteiger partial charge >= 0.3 is 24.1 Å². The van der Waals surface area contributed by atoms with Crippen LogP contribution in [-0.2, 0) is 41.6 Å². The molecule has 3 aliphatic rings. The number of amides is 3. The number of hydrogen-bond donors (Lipinski definition) is 10. The molecule has 21 nitrogen and oxygen atoms in total. The molecule has 0 bridgehead atoms. The van der Waals surface area contributed by atoms with Gasteiger partial charge in [0.15, 0.2) is 17.9 Å². The molecule has 21 heteroatoms. The third kappa shape index (κ3) is 9.02. The molecular weight excluding hydrogens is 822 g/mol. The molecule has 2 aliphatic carbocycles. The number of methoxy groups -OCH3 is 1. The van der Waals surface area contributed by atoms with Crippen LogP contribution >= 0.6 is 0 Å². The van der Waals surface area contributed by atoms with Gasteiger partial charge in [0, 0.05) is 48.1 Å². The molecule has 1 aliphatic heterocycles. The lowest BCUT2D eigenvalue weighted by Gasteiger charge is -2.42. The van der Waals surface area contributed by atoms with Crippen LogP contribution in [0.4, 0.5) is 15.3 Å². The SMILES string of the molecule is COc1cccc2c1C(=O)c1c(O)c3c(c(O)c1C2=O)C[C@@](O)(C(=O)CO)C[C@@H]3O[C@H]1C[C@H](NC(=O)OCc2ccc(NC(=O)N[C@@H](CCC(=O)O)C(=O)O)cc2)[C@H](O)[C@H](C)O1. The van der Waals surface area contributed by atoms with E-state index in [9.17, 15) is 64.2 Å². The number of aliphatic hydroxyl groups excluding tert-OH is 2. The Morgan fingerprint density at radius 1 is 0.968 bits per heavy atom. The van der Waals surface area contributed by atoms with Gasteiger partial charge in [-0.3, -0.25) is 19.2 Å². The number of urea groups is 1. The van der Waals surface area contributed by atoms with E-state index in [1.165, 1.54) is 56.5 Å². The zero-order valence-corrected chi connectivity index (χ0v) is 33.1. The van der Waals surface area contributed by atoms with Crippen molar-refractivity contribution in [2.24, 2.45) is 0 Å². The number of phenolic OH excluding ortho intramolecular Hbond substituents is 2. The highest BCUT2D eigenvalue weighted by molar-refractivity contribution is 6.31. The number of hydrogen-bond acceptors (Lipinski definition) is 16. The summed E-state index contributed by atoms with van der Waals surface area (Å²) in [5, 5.41) is 80.8. The minimum Gasteiger partial charge on any atom is -0.507 e. The van der Waals surface area contributed by atoms with Crippen LogP contribution in [0.1, 0.15) is 87.2 Å². The Bertz CT molecular complexity index is 2310. The molecule has 0 spiro atoms. The average molecular weight is 866 g/mol. The Morgan fingerprint density at radius 3 is 2.31 bits per heavy atom. The maximum absolute atomic E-state index is 13.9. The summed E-state index contributed by atoms with van der Waals surface area (Å²) in [5.41, 5.74) is -3.70. The lowest BCUT2D eigenvalue weighted by Crippen LogP contribution is -2.56. The van der Waals surface area contributed by atoms with E-state index in [0.717, 1.165) is 0 Å². The van der Waals surface area contributed by atoms with E-state index in [2.05, 4.69) is 16.0 Å². The minimum atomic E-state index is -2.40. The number of aliphatic carboxylic acids is 2. The number of benzene rings is 3. The Kier molecular flexibility index (Phi) is 13.1. The number of phenols is 2. The molecule has 1 heterocycles. The maximum atomic E-state index is 13.9. The van der Waals surface area contributed by atoms with Gasteiger partial charge in [-0.1, -0.05) is 24.3 Å². The van der Waals surface area contributed by atoms with Crippen molar-refractivity contribution >= 4 is 47.1 Å². The summed E-state index contributed by atoms with van der Waals surface area (Å²) in [6.07, 6.45) is -8.62. The Labute approximate surface area is 351 Å². The normalized spacial score (nSPS) is 23.1. The highest BCUT2D eigenvalue weighted by Crippen LogP contribution is 2.52. The average Bonchev–Trinajstić information content (AvgIpc) is 3.23. The number of fused-ring (bicyclic) bond motifs is 3. The van der Waals surface area contributed by atoms with E-state index in [1.807, 2.05) is 0 Å². The van der Waals surface area contributed by atoms with Crippen LogP contribution in [0, 0.1) is 0 Å². The molecular formula is C41H43N3O18. The molecule has 0 saturated carbocycles. The third-order valence-electron chi connectivity index (χ3n) is 10.9. The van der Waals surface area contributed by atoms with Gasteiger partial charge in [-0.05, 0) is 37.1 Å². The van der Waals surface area contributed by atoms with E-state index < -0.39 is 132 Å². The first-order valence-electron chi connectivity index (χ1n) is 19.1. The van der Waals surface area contributed by atoms with Gasteiger partial charge < -0.3 is 70.6 Å². The van der Waals surface area contributed by atoms with Crippen molar-refractivity contribution < 1.29 is 88.3 Å². The highest BCUT2D eigenvalue weighted by Gasteiger charge is 2.50. The number of Topliss-reactive ketones (excluding diaryl/α,β-unsaturated/α-hetero) is 1. The van der Waals surface area contributed by atoms with Gasteiger partial charge in [-0.15, -0.1) is 0 Å². The molecule has 3 amide bonds. The lowest BCUT2D eigenvalue weighted by molar-refractivity contribution is -0.249. The predicted molar refractivity (Wildman–Crippen MR) is 208 cm³/mol. The zero-order chi connectivity index (χ0) is 45.2. The van der Waals surface area contributed by atoms with Gasteiger partial charge in [-0.2, -0.15) is 0 Å². The number of aliphatic hydroxyl groups is 3. The van der Waals surface area contributed by atoms with Crippen molar-refractivity contribution in [3.8, 4) is 17.2 Å². The second-order valence-electron chi connectivity index (χ2n) is 14.9. The fraction of sp³-hybridized carbons (Fsp3) is 0.390. The minimum absolute atomic E-state index is 0.0260. The number of ether oxygens (including phenoxy) is 4. The van der Waals surface area contributed by atoms with Crippen molar-refractivity contribution in [2.45, 2.75) is 87.9 Å². The van der Waals surface area contributed by atoms with Crippen LogP contribution < -0.4 is 20.7 Å². The Hall–Kier alpha value is -6.65. The number of alkyl carbamates (subject to hydrolysis) is 1. The van der Waals surface area contributed by atoms with Crippen LogP contribution in [0.3, 0.4) is 0 Å². The van der Waals surface area contributed by atoms with Gasteiger partial charge in [-0.25, -0.2) is 14.4 Å². The van der Waals surface area contributed by atoms with Crippen LogP contribution in [0.2, 0.25) is 0 Å². The largest absolute Gasteiger partial charge is 0.507 e. The van der Waals surface area contributed by atoms with E-state index in [1.54, 1.807) is 0 Å². The molecule has 0 unspecified atom stereocenters. The van der Waals surface area contributed by atoms with Gasteiger partial charge in [0.25, 0.3) is 0 Å². The van der Waals surface area contributed by atoms with E-state index in [-0.39, 0.29) is 53.1 Å². The number of ketones is 3. The van der Waals surface area contributed by atoms with Crippen molar-refractivity contribution in [1.29, 1.82) is 0 Å². The zero-order valence-electron chi connectivity index (χ0n) is 33.1. The smallest absolute Gasteiger partial charge is 0.407 e. The summed E-state index contributed by atoms with van der Waals surface area (Å²) in [6.45, 7) is 0.0520. The second kappa shape index (κ2) is 18.1. The van der Waals surface area contributed by atoms with E-state index >= 15 is 0 Å². The first kappa shape index (κ1) is 44.9. The molecule has 7 atom stereocenters. The number of nitrogens with one attached hydrogen (secondary N) is 3. The molecule has 62 heavy (non-hydrogen) atoms. The molecule has 3 aromatic carbocycles. The number of carbonyl (C=O) groups excluding carboxylic acids is 5. The summed E-state index contributed by atoms with van der Waals surface area (Å²) >= 11 is 0. The standard InChI is InChI=1S/C41H43N3O18/c1-17-33(49)23(44-40(57)60-16-18-6-8-19(9-7-18)42-39(56)43-22(38(54)55)10-11-27(47)48)12-28(61-17)62-25-14-41(58,26(46)15-45)13-21-30(25)37(53)32-31(35(21)51)34(50)20-4-3-5-24(59-2)29(20)36(32)52/h3-9,17,22-23,25,28,33,45,49,51,53,58H,10-16H2,1-2H3,(H,44,57)(H,47,48)(H,54,55)(H2,42,43,56)/t17-,22-,23-,25-,28-,33+,41-/m0/s1. The molecule has 3 aromatic rings. The number of anilines is 1. The molecule has 6 rings (SSSR count). The fourth-order valence-corrected chi connectivity index (χ4v) is 7.74. The van der Waals surface area contributed by atoms with Crippen LogP contribution in [0.15, 0.2) is 42.5 Å². The fourth-order valence-electron chi connectivity index (χ4n) is 7.74. The summed E-state index contributed by atoms with van der Waals surface area (Å²) in [5.74, 6) is -6.97. The van der Waals surface area contributed by atoms with Crippen LogP contribution in [0.25, 0.3) is 0 Å². The van der Waals surface area contributed by atoms with Crippen molar-refractivity contribution in [2.75, 3.05) is 19.0 Å². The molecule has 330 valence electrons. The topological polar surface area (TPSA) is 334 Å². The Morgan fingerprint density at radius 2 is 1.66 bits per heavy atom. The van der Waals surface area contributed by atoms with Gasteiger partial charge in [0.2, 0.25) is 5.78 Å². The number of carboxylic acid groups (broad SMARTS) is 2. The third-order valence-corrected chi connectivity index (χ3v) is 10.9.